The Morgan fingerprint density at radius 1 is 1.80 bits per heavy atom. The number of hydrogen-bond acceptors (Lipinski definition) is 3. The van der Waals surface area contributed by atoms with Gasteiger partial charge in [-0.2, -0.15) is 0 Å². The van der Waals surface area contributed by atoms with Crippen LogP contribution >= 0.6 is 0 Å². The lowest BCUT2D eigenvalue weighted by Gasteiger charge is -2.14. The number of aliphatic hydroxyl groups is 1. The molecule has 0 bridgehead atoms. The molecule has 0 spiro atoms. The third kappa shape index (κ3) is 1.27. The lowest BCUT2D eigenvalue weighted by molar-refractivity contribution is 0.156. The smallest absolute Gasteiger partial charge is 0.189 e. The van der Waals surface area contributed by atoms with E-state index in [4.69, 9.17) is 15.3 Å². The number of epoxide rings is 1. The van der Waals surface area contributed by atoms with E-state index in [1.54, 1.807) is 11.9 Å². The number of ether oxygens (including phenoxy) is 1. The molecule has 0 aromatic carbocycles. The zero-order valence-electron chi connectivity index (χ0n) is 6.16. The van der Waals surface area contributed by atoms with Crippen molar-refractivity contribution in [3.8, 4) is 0 Å². The van der Waals surface area contributed by atoms with Gasteiger partial charge in [-0.3, -0.25) is 5.41 Å². The second kappa shape index (κ2) is 2.56. The van der Waals surface area contributed by atoms with E-state index in [2.05, 4.69) is 0 Å². The average molecular weight is 144 g/mol. The van der Waals surface area contributed by atoms with Crippen LogP contribution in [0.1, 0.15) is 6.92 Å². The molecular weight excluding hydrogens is 132 g/mol. The molecule has 1 saturated heterocycles. The number of hydrogen-bond donors (Lipinski definition) is 2. The molecule has 10 heavy (non-hydrogen) atoms. The zero-order chi connectivity index (χ0) is 7.72. The summed E-state index contributed by atoms with van der Waals surface area (Å²) in [6.45, 7) is 2.72. The lowest BCUT2D eigenvalue weighted by Crippen LogP contribution is -2.30. The lowest BCUT2D eigenvalue weighted by atomic mass is 10.4. The highest BCUT2D eigenvalue weighted by atomic mass is 16.7. The molecule has 1 aliphatic heterocycles. The number of rotatable bonds is 2. The summed E-state index contributed by atoms with van der Waals surface area (Å²) in [6, 6.07) is 0. The molecule has 1 heterocycles. The van der Waals surface area contributed by atoms with Crippen LogP contribution in [0.4, 0.5) is 0 Å². The molecule has 4 heteroatoms. The highest BCUT2D eigenvalue weighted by molar-refractivity contribution is 5.85. The minimum absolute atomic E-state index is 0.356. The van der Waals surface area contributed by atoms with E-state index < -0.39 is 6.29 Å². The van der Waals surface area contributed by atoms with Crippen molar-refractivity contribution in [2.45, 2.75) is 19.3 Å². The third-order valence-electron chi connectivity index (χ3n) is 1.62. The molecule has 0 saturated carbocycles. The Balaban J connectivity index is 2.35. The van der Waals surface area contributed by atoms with Crippen molar-refractivity contribution < 1.29 is 9.84 Å². The van der Waals surface area contributed by atoms with Crippen LogP contribution in [0.3, 0.4) is 0 Å². The van der Waals surface area contributed by atoms with Gasteiger partial charge in [-0.05, 0) is 6.92 Å². The molecule has 0 aromatic heterocycles. The standard InChI is InChI=1S/C6H12N2O2/c1-3-8(2)5(7)4-6(9)10-4/h4,6-7,9H,3H2,1-2H3. The number of amidine groups is 1. The van der Waals surface area contributed by atoms with Gasteiger partial charge in [0.2, 0.25) is 0 Å². The van der Waals surface area contributed by atoms with Gasteiger partial charge < -0.3 is 14.7 Å². The van der Waals surface area contributed by atoms with Gasteiger partial charge in [0.1, 0.15) is 5.84 Å². The fraction of sp³-hybridized carbons (Fsp3) is 0.833. The third-order valence-corrected chi connectivity index (χ3v) is 1.62. The van der Waals surface area contributed by atoms with Gasteiger partial charge in [-0.15, -0.1) is 0 Å². The highest BCUT2D eigenvalue weighted by Gasteiger charge is 2.42. The molecule has 0 radical (unpaired) electrons. The van der Waals surface area contributed by atoms with Crippen molar-refractivity contribution in [1.29, 1.82) is 5.41 Å². The van der Waals surface area contributed by atoms with Crippen molar-refractivity contribution in [3.05, 3.63) is 0 Å². The van der Waals surface area contributed by atoms with Gasteiger partial charge in [0.15, 0.2) is 12.4 Å². The molecule has 1 fully saturated rings. The molecule has 2 unspecified atom stereocenters. The average Bonchev–Trinajstić information content (AvgIpc) is 2.63. The molecule has 1 rings (SSSR count). The van der Waals surface area contributed by atoms with E-state index in [0.717, 1.165) is 6.54 Å². The minimum atomic E-state index is -0.735. The van der Waals surface area contributed by atoms with Crippen LogP contribution in [-0.4, -0.2) is 41.8 Å². The Bertz CT molecular complexity index is 143. The fourth-order valence-corrected chi connectivity index (χ4v) is 0.692. The molecule has 0 aliphatic carbocycles. The van der Waals surface area contributed by atoms with Crippen LogP contribution < -0.4 is 0 Å². The molecular formula is C6H12N2O2. The van der Waals surface area contributed by atoms with E-state index in [-0.39, 0.29) is 6.10 Å². The van der Waals surface area contributed by atoms with Crippen molar-refractivity contribution in [2.24, 2.45) is 0 Å². The SMILES string of the molecule is CCN(C)C(=N)C1OC1O. The maximum atomic E-state index is 8.75. The first-order valence-electron chi connectivity index (χ1n) is 3.30. The molecule has 0 aromatic rings. The van der Waals surface area contributed by atoms with Gasteiger partial charge in [-0.1, -0.05) is 0 Å². The Morgan fingerprint density at radius 3 is 2.60 bits per heavy atom. The zero-order valence-corrected chi connectivity index (χ0v) is 6.16. The van der Waals surface area contributed by atoms with Crippen LogP contribution in [0.25, 0.3) is 0 Å². The van der Waals surface area contributed by atoms with Crippen molar-refractivity contribution in [2.75, 3.05) is 13.6 Å². The summed E-state index contributed by atoms with van der Waals surface area (Å²) in [6.07, 6.45) is -1.11. The Kier molecular flexibility index (Phi) is 1.92. The molecule has 4 nitrogen and oxygen atoms in total. The van der Waals surface area contributed by atoms with Crippen molar-refractivity contribution in [1.82, 2.24) is 4.90 Å². The highest BCUT2D eigenvalue weighted by Crippen LogP contribution is 2.20. The van der Waals surface area contributed by atoms with Crippen LogP contribution in [0.5, 0.6) is 0 Å². The second-order valence-corrected chi connectivity index (χ2v) is 2.35. The van der Waals surface area contributed by atoms with Crippen LogP contribution in [0, 0.1) is 5.41 Å². The van der Waals surface area contributed by atoms with E-state index in [0.29, 0.717) is 5.84 Å². The second-order valence-electron chi connectivity index (χ2n) is 2.35. The van der Waals surface area contributed by atoms with Gasteiger partial charge in [-0.25, -0.2) is 0 Å². The summed E-state index contributed by atoms with van der Waals surface area (Å²) in [4.78, 5) is 1.74. The van der Waals surface area contributed by atoms with E-state index >= 15 is 0 Å². The van der Waals surface area contributed by atoms with Gasteiger partial charge in [0, 0.05) is 13.6 Å². The van der Waals surface area contributed by atoms with E-state index in [1.807, 2.05) is 6.92 Å². The fourth-order valence-electron chi connectivity index (χ4n) is 0.692. The first kappa shape index (κ1) is 7.50. The maximum absolute atomic E-state index is 8.75. The maximum Gasteiger partial charge on any atom is 0.189 e. The monoisotopic (exact) mass is 144 g/mol. The summed E-state index contributed by atoms with van der Waals surface area (Å²) >= 11 is 0. The van der Waals surface area contributed by atoms with Crippen molar-refractivity contribution in [3.63, 3.8) is 0 Å². The van der Waals surface area contributed by atoms with Gasteiger partial charge in [0.05, 0.1) is 0 Å². The Labute approximate surface area is 59.9 Å². The number of likely N-dealkylation sites (N-methyl/N-ethyl adjacent to an activating group) is 1. The van der Waals surface area contributed by atoms with Crippen molar-refractivity contribution >= 4 is 5.84 Å². The summed E-state index contributed by atoms with van der Waals surface area (Å²) in [5.41, 5.74) is 0. The quantitative estimate of drug-likeness (QED) is 0.316. The summed E-state index contributed by atoms with van der Waals surface area (Å²) in [5, 5.41) is 16.1. The largest absolute Gasteiger partial charge is 0.365 e. The van der Waals surface area contributed by atoms with Crippen LogP contribution in [0.15, 0.2) is 0 Å². The summed E-state index contributed by atoms with van der Waals surface area (Å²) in [7, 11) is 1.80. The molecule has 2 atom stereocenters. The number of aliphatic hydroxyl groups excluding tert-OH is 1. The predicted octanol–water partition coefficient (Wildman–Crippen LogP) is -0.367. The summed E-state index contributed by atoms with van der Waals surface area (Å²) < 4.78 is 4.69. The normalized spacial score (nSPS) is 29.9. The summed E-state index contributed by atoms with van der Waals surface area (Å²) in [5.74, 6) is 0.356. The molecule has 2 N–H and O–H groups in total. The van der Waals surface area contributed by atoms with E-state index in [9.17, 15) is 0 Å². The minimum Gasteiger partial charge on any atom is -0.365 e. The van der Waals surface area contributed by atoms with Crippen LogP contribution in [0.2, 0.25) is 0 Å². The molecule has 0 amide bonds. The topological polar surface area (TPSA) is 59.9 Å². The number of nitrogens with one attached hydrogen (secondary N) is 1. The molecule has 58 valence electrons. The first-order valence-corrected chi connectivity index (χ1v) is 3.30. The number of nitrogens with zero attached hydrogens (tertiary/aromatic N) is 1. The van der Waals surface area contributed by atoms with Crippen LogP contribution in [-0.2, 0) is 4.74 Å². The Morgan fingerprint density at radius 2 is 2.30 bits per heavy atom. The molecule has 1 aliphatic rings. The Hall–Kier alpha value is -0.610. The van der Waals surface area contributed by atoms with Gasteiger partial charge in [0.25, 0.3) is 0 Å². The van der Waals surface area contributed by atoms with Gasteiger partial charge >= 0.3 is 0 Å². The first-order chi connectivity index (χ1) is 4.66. The predicted molar refractivity (Wildman–Crippen MR) is 36.9 cm³/mol. The van der Waals surface area contributed by atoms with E-state index in [1.165, 1.54) is 0 Å².